The van der Waals surface area contributed by atoms with Gasteiger partial charge in [-0.15, -0.1) is 11.8 Å². The summed E-state index contributed by atoms with van der Waals surface area (Å²) in [5.74, 6) is -0.820. The van der Waals surface area contributed by atoms with Gasteiger partial charge in [0, 0.05) is 42.2 Å². The lowest BCUT2D eigenvalue weighted by atomic mass is 10.1. The average molecular weight is 347 g/mol. The van der Waals surface area contributed by atoms with Crippen molar-refractivity contribution in [3.05, 3.63) is 40.2 Å². The number of aromatic nitrogens is 1. The number of pyridine rings is 1. The molecule has 1 aromatic carbocycles. The fourth-order valence-electron chi connectivity index (χ4n) is 3.05. The lowest BCUT2D eigenvalue weighted by Gasteiger charge is -2.37. The van der Waals surface area contributed by atoms with Crippen LogP contribution in [0.1, 0.15) is 5.56 Å². The van der Waals surface area contributed by atoms with Crippen LogP contribution in [0.15, 0.2) is 34.0 Å². The molecule has 0 unspecified atom stereocenters. The molecule has 2 heterocycles. The highest BCUT2D eigenvalue weighted by atomic mass is 32.2. The number of nitrogens with one attached hydrogen (secondary N) is 1. The molecule has 0 amide bonds. The van der Waals surface area contributed by atoms with Gasteiger partial charge in [0.15, 0.2) is 0 Å². The number of H-pyrrole nitrogens is 1. The van der Waals surface area contributed by atoms with E-state index in [1.54, 1.807) is 11.8 Å². The highest BCUT2D eigenvalue weighted by molar-refractivity contribution is 7.98. The standard InChI is InChI=1S/C17H21N3O3S/c1-19-5-6-20(10-15(19)17(22)23)9-12-7-11-3-4-13(24-2)8-14(11)18-16(12)21/h3-4,7-8,15H,5-6,9-10H2,1-2H3,(H,18,21)(H,22,23)/t15-/m0/s1. The monoisotopic (exact) mass is 347 g/mol. The molecule has 1 aromatic heterocycles. The second kappa shape index (κ2) is 6.96. The third-order valence-corrected chi connectivity index (χ3v) is 5.27. The minimum atomic E-state index is -0.820. The van der Waals surface area contributed by atoms with Gasteiger partial charge in [-0.05, 0) is 36.9 Å². The third-order valence-electron chi connectivity index (χ3n) is 4.54. The number of aliphatic carboxylic acids is 1. The van der Waals surface area contributed by atoms with Crippen LogP contribution in [0.3, 0.4) is 0 Å². The molecule has 7 heteroatoms. The van der Waals surface area contributed by atoms with Gasteiger partial charge in [0.2, 0.25) is 0 Å². The van der Waals surface area contributed by atoms with Crippen LogP contribution in [-0.2, 0) is 11.3 Å². The Morgan fingerprint density at radius 3 is 2.88 bits per heavy atom. The zero-order chi connectivity index (χ0) is 17.3. The van der Waals surface area contributed by atoms with E-state index in [-0.39, 0.29) is 5.56 Å². The van der Waals surface area contributed by atoms with Crippen molar-refractivity contribution in [2.45, 2.75) is 17.5 Å². The molecule has 0 bridgehead atoms. The summed E-state index contributed by atoms with van der Waals surface area (Å²) in [6, 6.07) is 7.40. The number of benzene rings is 1. The van der Waals surface area contributed by atoms with E-state index < -0.39 is 12.0 Å². The molecule has 0 radical (unpaired) electrons. The number of fused-ring (bicyclic) bond motifs is 1. The minimum absolute atomic E-state index is 0.105. The summed E-state index contributed by atoms with van der Waals surface area (Å²) in [5.41, 5.74) is 1.40. The maximum absolute atomic E-state index is 12.4. The molecule has 1 atom stereocenters. The Labute approximate surface area is 144 Å². The predicted molar refractivity (Wildman–Crippen MR) is 95.7 cm³/mol. The van der Waals surface area contributed by atoms with Crippen LogP contribution in [-0.4, -0.2) is 64.8 Å². The first-order valence-electron chi connectivity index (χ1n) is 7.83. The van der Waals surface area contributed by atoms with E-state index in [9.17, 15) is 14.7 Å². The second-order valence-corrected chi connectivity index (χ2v) is 7.03. The summed E-state index contributed by atoms with van der Waals surface area (Å²) in [7, 11) is 1.82. The molecule has 1 aliphatic heterocycles. The van der Waals surface area contributed by atoms with E-state index in [0.717, 1.165) is 22.3 Å². The van der Waals surface area contributed by atoms with E-state index in [4.69, 9.17) is 0 Å². The van der Waals surface area contributed by atoms with Gasteiger partial charge in [-0.1, -0.05) is 6.07 Å². The maximum atomic E-state index is 12.4. The highest BCUT2D eigenvalue weighted by Gasteiger charge is 2.29. The van der Waals surface area contributed by atoms with Crippen molar-refractivity contribution in [3.63, 3.8) is 0 Å². The van der Waals surface area contributed by atoms with Gasteiger partial charge in [-0.3, -0.25) is 19.4 Å². The first kappa shape index (κ1) is 17.0. The summed E-state index contributed by atoms with van der Waals surface area (Å²) in [6.45, 7) is 2.32. The number of aromatic amines is 1. The molecule has 6 nitrogen and oxygen atoms in total. The second-order valence-electron chi connectivity index (χ2n) is 6.15. The average Bonchev–Trinajstić information content (AvgIpc) is 2.56. The number of piperazine rings is 1. The largest absolute Gasteiger partial charge is 0.480 e. The van der Waals surface area contributed by atoms with Crippen molar-refractivity contribution in [1.82, 2.24) is 14.8 Å². The van der Waals surface area contributed by atoms with Gasteiger partial charge in [-0.25, -0.2) is 0 Å². The summed E-state index contributed by atoms with van der Waals surface area (Å²) >= 11 is 1.63. The molecule has 128 valence electrons. The lowest BCUT2D eigenvalue weighted by molar-refractivity contribution is -0.145. The van der Waals surface area contributed by atoms with Gasteiger partial charge < -0.3 is 10.1 Å². The van der Waals surface area contributed by atoms with E-state index in [1.807, 2.05) is 47.4 Å². The van der Waals surface area contributed by atoms with Crippen LogP contribution in [0.4, 0.5) is 0 Å². The number of carbonyl (C=O) groups is 1. The summed E-state index contributed by atoms with van der Waals surface area (Å²) in [4.78, 5) is 31.6. The number of nitrogens with zero attached hydrogens (tertiary/aromatic N) is 2. The number of rotatable bonds is 4. The summed E-state index contributed by atoms with van der Waals surface area (Å²) < 4.78 is 0. The van der Waals surface area contributed by atoms with Gasteiger partial charge in [0.25, 0.3) is 5.56 Å². The van der Waals surface area contributed by atoms with Gasteiger partial charge >= 0.3 is 5.97 Å². The van der Waals surface area contributed by atoms with Crippen LogP contribution in [0.25, 0.3) is 10.9 Å². The van der Waals surface area contributed by atoms with Crippen molar-refractivity contribution in [2.24, 2.45) is 0 Å². The number of likely N-dealkylation sites (N-methyl/N-ethyl adjacent to an activating group) is 1. The Hall–Kier alpha value is -1.83. The Bertz CT molecular complexity index is 820. The first-order valence-corrected chi connectivity index (χ1v) is 9.06. The van der Waals surface area contributed by atoms with Gasteiger partial charge in [-0.2, -0.15) is 0 Å². The van der Waals surface area contributed by atoms with E-state index in [2.05, 4.69) is 4.98 Å². The lowest BCUT2D eigenvalue weighted by Crippen LogP contribution is -2.54. The molecular weight excluding hydrogens is 326 g/mol. The number of carboxylic acid groups (broad SMARTS) is 1. The number of hydrogen-bond acceptors (Lipinski definition) is 5. The van der Waals surface area contributed by atoms with Crippen molar-refractivity contribution >= 4 is 28.6 Å². The number of thioether (sulfide) groups is 1. The fourth-order valence-corrected chi connectivity index (χ4v) is 3.49. The zero-order valence-corrected chi connectivity index (χ0v) is 14.6. The van der Waals surface area contributed by atoms with Crippen molar-refractivity contribution < 1.29 is 9.90 Å². The van der Waals surface area contributed by atoms with E-state index in [0.29, 0.717) is 25.2 Å². The smallest absolute Gasteiger partial charge is 0.322 e. The molecule has 3 rings (SSSR count). The highest BCUT2D eigenvalue weighted by Crippen LogP contribution is 2.20. The molecular formula is C17H21N3O3S. The van der Waals surface area contributed by atoms with Crippen LogP contribution in [0.2, 0.25) is 0 Å². The predicted octanol–water partition coefficient (Wildman–Crippen LogP) is 1.45. The molecule has 2 aromatic rings. The normalized spacial score (nSPS) is 19.7. The fraction of sp³-hybridized carbons (Fsp3) is 0.412. The zero-order valence-electron chi connectivity index (χ0n) is 13.8. The van der Waals surface area contributed by atoms with Crippen LogP contribution < -0.4 is 5.56 Å². The Morgan fingerprint density at radius 1 is 1.38 bits per heavy atom. The SMILES string of the molecule is CSc1ccc2cc(CN3CCN(C)[C@H](C(=O)O)C3)c(=O)[nH]c2c1. The number of carboxylic acids is 1. The number of hydrogen-bond donors (Lipinski definition) is 2. The molecule has 1 fully saturated rings. The third kappa shape index (κ3) is 3.48. The van der Waals surface area contributed by atoms with Crippen molar-refractivity contribution in [3.8, 4) is 0 Å². The molecule has 0 spiro atoms. The molecule has 0 aliphatic carbocycles. The van der Waals surface area contributed by atoms with Gasteiger partial charge in [0.1, 0.15) is 6.04 Å². The Morgan fingerprint density at radius 2 is 2.17 bits per heavy atom. The Balaban J connectivity index is 1.83. The minimum Gasteiger partial charge on any atom is -0.480 e. The molecule has 2 N–H and O–H groups in total. The quantitative estimate of drug-likeness (QED) is 0.816. The van der Waals surface area contributed by atoms with Crippen LogP contribution in [0.5, 0.6) is 0 Å². The summed E-state index contributed by atoms with van der Waals surface area (Å²) in [6.07, 6.45) is 2.00. The van der Waals surface area contributed by atoms with Crippen LogP contribution >= 0.6 is 11.8 Å². The van der Waals surface area contributed by atoms with Crippen molar-refractivity contribution in [1.29, 1.82) is 0 Å². The van der Waals surface area contributed by atoms with Crippen LogP contribution in [0, 0.1) is 0 Å². The maximum Gasteiger partial charge on any atom is 0.322 e. The molecule has 24 heavy (non-hydrogen) atoms. The first-order chi connectivity index (χ1) is 11.5. The van der Waals surface area contributed by atoms with Gasteiger partial charge in [0.05, 0.1) is 0 Å². The van der Waals surface area contributed by atoms with Crippen molar-refractivity contribution in [2.75, 3.05) is 32.9 Å². The van der Waals surface area contributed by atoms with E-state index in [1.165, 1.54) is 0 Å². The van der Waals surface area contributed by atoms with E-state index >= 15 is 0 Å². The topological polar surface area (TPSA) is 76.6 Å². The molecule has 1 saturated heterocycles. The Kier molecular flexibility index (Phi) is 4.93. The molecule has 1 aliphatic rings. The summed E-state index contributed by atoms with van der Waals surface area (Å²) in [5, 5.41) is 10.3. The molecule has 0 saturated carbocycles.